The molecule has 1 amide bonds. The molecule has 0 fully saturated rings. The standard InChI is InChI=1S/C16H23N3O/c1-4-18(15-9-7-6-8-10-15)13-16(20)19(5-2)12-14(3)11-17/h6-10,14H,4-5,12-13H2,1-3H3. The smallest absolute Gasteiger partial charge is 0.242 e. The van der Waals surface area contributed by atoms with Crippen LogP contribution in [0.25, 0.3) is 0 Å². The summed E-state index contributed by atoms with van der Waals surface area (Å²) in [5.41, 5.74) is 1.05. The van der Waals surface area contributed by atoms with Crippen molar-refractivity contribution in [2.24, 2.45) is 5.92 Å². The van der Waals surface area contributed by atoms with E-state index in [2.05, 4.69) is 6.07 Å². The van der Waals surface area contributed by atoms with Gasteiger partial charge in [-0.25, -0.2) is 0 Å². The minimum absolute atomic E-state index is 0.0697. The van der Waals surface area contributed by atoms with Gasteiger partial charge in [-0.1, -0.05) is 18.2 Å². The highest BCUT2D eigenvalue weighted by atomic mass is 16.2. The number of hydrogen-bond donors (Lipinski definition) is 0. The third kappa shape index (κ3) is 4.58. The number of likely N-dealkylation sites (N-methyl/N-ethyl adjacent to an activating group) is 2. The van der Waals surface area contributed by atoms with Crippen LogP contribution in [0.2, 0.25) is 0 Å². The van der Waals surface area contributed by atoms with Gasteiger partial charge in [0.15, 0.2) is 0 Å². The van der Waals surface area contributed by atoms with E-state index in [4.69, 9.17) is 5.26 Å². The molecule has 0 aliphatic heterocycles. The molecule has 0 saturated heterocycles. The van der Waals surface area contributed by atoms with E-state index in [0.717, 1.165) is 12.2 Å². The quantitative estimate of drug-likeness (QED) is 0.767. The second-order valence-electron chi connectivity index (χ2n) is 4.81. The van der Waals surface area contributed by atoms with Gasteiger partial charge in [0, 0.05) is 25.3 Å². The van der Waals surface area contributed by atoms with Gasteiger partial charge in [0.05, 0.1) is 18.5 Å². The molecule has 0 aliphatic carbocycles. The molecule has 0 heterocycles. The summed E-state index contributed by atoms with van der Waals surface area (Å²) in [6.45, 7) is 8.09. The molecule has 4 nitrogen and oxygen atoms in total. The number of nitrogens with zero attached hydrogens (tertiary/aromatic N) is 3. The molecule has 1 aromatic rings. The zero-order valence-electron chi connectivity index (χ0n) is 12.5. The van der Waals surface area contributed by atoms with Gasteiger partial charge in [0.25, 0.3) is 0 Å². The molecule has 0 bridgehead atoms. The van der Waals surface area contributed by atoms with E-state index in [0.29, 0.717) is 19.6 Å². The van der Waals surface area contributed by atoms with Crippen molar-refractivity contribution in [2.75, 3.05) is 31.1 Å². The zero-order valence-corrected chi connectivity index (χ0v) is 12.5. The Kier molecular flexibility index (Phi) is 6.58. The Labute approximate surface area is 121 Å². The lowest BCUT2D eigenvalue weighted by atomic mass is 10.2. The lowest BCUT2D eigenvalue weighted by Crippen LogP contribution is -2.42. The minimum Gasteiger partial charge on any atom is -0.362 e. The number of carbonyl (C=O) groups excluding carboxylic acids is 1. The lowest BCUT2D eigenvalue weighted by Gasteiger charge is -2.28. The molecule has 1 atom stereocenters. The van der Waals surface area contributed by atoms with Crippen LogP contribution in [-0.4, -0.2) is 37.0 Å². The minimum atomic E-state index is -0.134. The normalized spacial score (nSPS) is 11.5. The Hall–Kier alpha value is -2.02. The molecule has 0 aromatic heterocycles. The number of hydrogen-bond acceptors (Lipinski definition) is 3. The molecular weight excluding hydrogens is 250 g/mol. The highest BCUT2D eigenvalue weighted by Gasteiger charge is 2.17. The summed E-state index contributed by atoms with van der Waals surface area (Å²) < 4.78 is 0. The van der Waals surface area contributed by atoms with Crippen LogP contribution in [0.15, 0.2) is 30.3 Å². The highest BCUT2D eigenvalue weighted by Crippen LogP contribution is 2.13. The van der Waals surface area contributed by atoms with Crippen LogP contribution in [0, 0.1) is 17.2 Å². The fourth-order valence-electron chi connectivity index (χ4n) is 2.07. The van der Waals surface area contributed by atoms with E-state index in [1.54, 1.807) is 4.90 Å². The molecule has 0 radical (unpaired) electrons. The summed E-state index contributed by atoms with van der Waals surface area (Å²) >= 11 is 0. The van der Waals surface area contributed by atoms with Crippen LogP contribution in [0.5, 0.6) is 0 Å². The number of amides is 1. The number of anilines is 1. The topological polar surface area (TPSA) is 47.3 Å². The predicted molar refractivity (Wildman–Crippen MR) is 81.4 cm³/mol. The Morgan fingerprint density at radius 3 is 2.40 bits per heavy atom. The maximum absolute atomic E-state index is 12.3. The van der Waals surface area contributed by atoms with E-state index in [-0.39, 0.29) is 11.8 Å². The number of nitriles is 1. The summed E-state index contributed by atoms with van der Waals surface area (Å²) in [5.74, 6) is -0.0639. The van der Waals surface area contributed by atoms with Gasteiger partial charge in [-0.3, -0.25) is 4.79 Å². The van der Waals surface area contributed by atoms with Gasteiger partial charge >= 0.3 is 0 Å². The fraction of sp³-hybridized carbons (Fsp3) is 0.500. The zero-order chi connectivity index (χ0) is 15.0. The number of benzene rings is 1. The molecule has 0 saturated carbocycles. The summed E-state index contributed by atoms with van der Waals surface area (Å²) in [6, 6.07) is 12.1. The first kappa shape index (κ1) is 16.0. The van der Waals surface area contributed by atoms with Crippen LogP contribution < -0.4 is 4.90 Å². The molecule has 108 valence electrons. The third-order valence-corrected chi connectivity index (χ3v) is 3.28. The Bertz CT molecular complexity index is 453. The van der Waals surface area contributed by atoms with Gasteiger partial charge in [-0.05, 0) is 32.9 Å². The predicted octanol–water partition coefficient (Wildman–Crippen LogP) is 2.52. The molecule has 0 N–H and O–H groups in total. The summed E-state index contributed by atoms with van der Waals surface area (Å²) in [7, 11) is 0. The van der Waals surface area contributed by atoms with E-state index < -0.39 is 0 Å². The van der Waals surface area contributed by atoms with Gasteiger partial charge in [0.2, 0.25) is 5.91 Å². The lowest BCUT2D eigenvalue weighted by molar-refractivity contribution is -0.129. The van der Waals surface area contributed by atoms with Crippen molar-refractivity contribution in [2.45, 2.75) is 20.8 Å². The molecular formula is C16H23N3O. The van der Waals surface area contributed by atoms with E-state index >= 15 is 0 Å². The van der Waals surface area contributed by atoms with Crippen molar-refractivity contribution in [3.8, 4) is 6.07 Å². The van der Waals surface area contributed by atoms with E-state index in [9.17, 15) is 4.79 Å². The molecule has 20 heavy (non-hydrogen) atoms. The average molecular weight is 273 g/mol. The van der Waals surface area contributed by atoms with Crippen molar-refractivity contribution in [3.05, 3.63) is 30.3 Å². The summed E-state index contributed by atoms with van der Waals surface area (Å²) in [6.07, 6.45) is 0. The number of para-hydroxylation sites is 1. The van der Waals surface area contributed by atoms with Crippen molar-refractivity contribution >= 4 is 11.6 Å². The average Bonchev–Trinajstić information content (AvgIpc) is 2.50. The summed E-state index contributed by atoms with van der Waals surface area (Å²) in [5, 5.41) is 8.87. The first-order valence-electron chi connectivity index (χ1n) is 7.09. The van der Waals surface area contributed by atoms with Crippen molar-refractivity contribution in [1.82, 2.24) is 4.90 Å². The van der Waals surface area contributed by atoms with Gasteiger partial charge in [-0.15, -0.1) is 0 Å². The SMILES string of the molecule is CCN(CC(C)C#N)C(=O)CN(CC)c1ccccc1. The largest absolute Gasteiger partial charge is 0.362 e. The number of carbonyl (C=O) groups is 1. The molecule has 1 unspecified atom stereocenters. The van der Waals surface area contributed by atoms with Crippen molar-refractivity contribution in [1.29, 1.82) is 5.26 Å². The van der Waals surface area contributed by atoms with Gasteiger partial charge in [-0.2, -0.15) is 5.26 Å². The maximum Gasteiger partial charge on any atom is 0.242 e. The molecule has 4 heteroatoms. The van der Waals surface area contributed by atoms with Crippen LogP contribution in [0.3, 0.4) is 0 Å². The maximum atomic E-state index is 12.3. The van der Waals surface area contributed by atoms with E-state index in [1.165, 1.54) is 0 Å². The highest BCUT2D eigenvalue weighted by molar-refractivity contribution is 5.81. The second-order valence-corrected chi connectivity index (χ2v) is 4.81. The van der Waals surface area contributed by atoms with Gasteiger partial charge < -0.3 is 9.80 Å². The molecule has 0 aliphatic rings. The Morgan fingerprint density at radius 1 is 1.25 bits per heavy atom. The van der Waals surface area contributed by atoms with Gasteiger partial charge in [0.1, 0.15) is 0 Å². The van der Waals surface area contributed by atoms with E-state index in [1.807, 2.05) is 56.0 Å². The van der Waals surface area contributed by atoms with Crippen LogP contribution in [0.4, 0.5) is 5.69 Å². The molecule has 1 rings (SSSR count). The first-order valence-corrected chi connectivity index (χ1v) is 7.09. The fourth-order valence-corrected chi connectivity index (χ4v) is 2.07. The number of rotatable bonds is 7. The molecule has 0 spiro atoms. The second kappa shape index (κ2) is 8.21. The Morgan fingerprint density at radius 2 is 1.90 bits per heavy atom. The molecule has 1 aromatic carbocycles. The third-order valence-electron chi connectivity index (χ3n) is 3.28. The van der Waals surface area contributed by atoms with Crippen molar-refractivity contribution in [3.63, 3.8) is 0 Å². The van der Waals surface area contributed by atoms with Crippen molar-refractivity contribution < 1.29 is 4.79 Å². The first-order chi connectivity index (χ1) is 9.62. The summed E-state index contributed by atoms with van der Waals surface area (Å²) in [4.78, 5) is 16.1. The van der Waals surface area contributed by atoms with Crippen LogP contribution in [-0.2, 0) is 4.79 Å². The van der Waals surface area contributed by atoms with Crippen LogP contribution in [0.1, 0.15) is 20.8 Å². The van der Waals surface area contributed by atoms with Crippen LogP contribution >= 0.6 is 0 Å². The monoisotopic (exact) mass is 273 g/mol. The Balaban J connectivity index is 2.69.